The van der Waals surface area contributed by atoms with Crippen molar-refractivity contribution in [2.45, 2.75) is 31.8 Å². The molecule has 0 aromatic carbocycles. The maximum absolute atomic E-state index is 3.31. The molecule has 2 nitrogen and oxygen atoms in total. The van der Waals surface area contributed by atoms with Gasteiger partial charge in [-0.2, -0.15) is 0 Å². The monoisotopic (exact) mass is 142 g/mol. The third-order valence-electron chi connectivity index (χ3n) is 2.68. The number of hydrogen-bond donors (Lipinski definition) is 1. The van der Waals surface area contributed by atoms with Crippen LogP contribution in [-0.4, -0.2) is 37.1 Å². The average Bonchev–Trinajstić information content (AvgIpc) is 2.08. The van der Waals surface area contributed by atoms with Crippen molar-refractivity contribution in [3.63, 3.8) is 0 Å². The molecule has 1 unspecified atom stereocenters. The van der Waals surface area contributed by atoms with Gasteiger partial charge in [0.2, 0.25) is 0 Å². The lowest BCUT2D eigenvalue weighted by molar-refractivity contribution is 0.218. The summed E-state index contributed by atoms with van der Waals surface area (Å²) >= 11 is 0. The SMILES string of the molecule is CNC1CN(C)C(C)(C)C1. The van der Waals surface area contributed by atoms with E-state index in [1.807, 2.05) is 7.05 Å². The van der Waals surface area contributed by atoms with Crippen LogP contribution in [0.15, 0.2) is 0 Å². The lowest BCUT2D eigenvalue weighted by atomic mass is 10.0. The van der Waals surface area contributed by atoms with Gasteiger partial charge in [-0.3, -0.25) is 4.90 Å². The van der Waals surface area contributed by atoms with E-state index < -0.39 is 0 Å². The molecule has 0 radical (unpaired) electrons. The van der Waals surface area contributed by atoms with Crippen LogP contribution < -0.4 is 5.32 Å². The molecule has 1 rings (SSSR count). The van der Waals surface area contributed by atoms with Crippen LogP contribution in [0.25, 0.3) is 0 Å². The summed E-state index contributed by atoms with van der Waals surface area (Å²) in [5.41, 5.74) is 0.397. The largest absolute Gasteiger partial charge is 0.316 e. The van der Waals surface area contributed by atoms with Gasteiger partial charge in [0.15, 0.2) is 0 Å². The molecule has 1 N–H and O–H groups in total. The molecule has 0 aromatic heterocycles. The predicted molar refractivity (Wildman–Crippen MR) is 44.2 cm³/mol. The van der Waals surface area contributed by atoms with Crippen molar-refractivity contribution in [2.24, 2.45) is 0 Å². The standard InChI is InChI=1S/C8H18N2/c1-8(2)5-7(9-3)6-10(8)4/h7,9H,5-6H2,1-4H3. The second kappa shape index (κ2) is 2.51. The molecule has 1 fully saturated rings. The lowest BCUT2D eigenvalue weighted by Gasteiger charge is -2.26. The topological polar surface area (TPSA) is 15.3 Å². The zero-order valence-electron chi connectivity index (χ0n) is 7.44. The molecule has 0 bridgehead atoms. The fourth-order valence-corrected chi connectivity index (χ4v) is 1.59. The zero-order chi connectivity index (χ0) is 7.78. The maximum Gasteiger partial charge on any atom is 0.0209 e. The highest BCUT2D eigenvalue weighted by atomic mass is 15.2. The molecule has 60 valence electrons. The van der Waals surface area contributed by atoms with Gasteiger partial charge in [-0.25, -0.2) is 0 Å². The maximum atomic E-state index is 3.31. The molecule has 1 aliphatic heterocycles. The Hall–Kier alpha value is -0.0800. The summed E-state index contributed by atoms with van der Waals surface area (Å²) in [5.74, 6) is 0. The summed E-state index contributed by atoms with van der Waals surface area (Å²) in [5, 5.41) is 3.31. The quantitative estimate of drug-likeness (QED) is 0.579. The number of hydrogen-bond acceptors (Lipinski definition) is 2. The second-order valence-electron chi connectivity index (χ2n) is 3.88. The molecular weight excluding hydrogens is 124 g/mol. The Morgan fingerprint density at radius 2 is 2.10 bits per heavy atom. The van der Waals surface area contributed by atoms with Crippen molar-refractivity contribution < 1.29 is 0 Å². The van der Waals surface area contributed by atoms with Crippen LogP contribution in [0.5, 0.6) is 0 Å². The Kier molecular flexibility index (Phi) is 2.02. The third-order valence-corrected chi connectivity index (χ3v) is 2.68. The molecular formula is C8H18N2. The number of rotatable bonds is 1. The van der Waals surface area contributed by atoms with E-state index in [1.165, 1.54) is 13.0 Å². The minimum Gasteiger partial charge on any atom is -0.316 e. The van der Waals surface area contributed by atoms with Gasteiger partial charge >= 0.3 is 0 Å². The highest BCUT2D eigenvalue weighted by Gasteiger charge is 2.34. The van der Waals surface area contributed by atoms with Crippen LogP contribution in [0.4, 0.5) is 0 Å². The Morgan fingerprint density at radius 1 is 1.50 bits per heavy atom. The first-order valence-corrected chi connectivity index (χ1v) is 3.95. The van der Waals surface area contributed by atoms with Gasteiger partial charge < -0.3 is 5.32 Å². The van der Waals surface area contributed by atoms with E-state index in [1.54, 1.807) is 0 Å². The summed E-state index contributed by atoms with van der Waals surface area (Å²) in [4.78, 5) is 2.41. The average molecular weight is 142 g/mol. The summed E-state index contributed by atoms with van der Waals surface area (Å²) in [6.45, 7) is 5.78. The minimum atomic E-state index is 0.397. The molecule has 1 atom stereocenters. The van der Waals surface area contributed by atoms with Crippen LogP contribution in [-0.2, 0) is 0 Å². The molecule has 0 aliphatic carbocycles. The first-order valence-electron chi connectivity index (χ1n) is 3.95. The van der Waals surface area contributed by atoms with E-state index in [4.69, 9.17) is 0 Å². The lowest BCUT2D eigenvalue weighted by Crippen LogP contribution is -2.34. The van der Waals surface area contributed by atoms with E-state index in [2.05, 4.69) is 31.1 Å². The first-order chi connectivity index (χ1) is 4.56. The molecule has 10 heavy (non-hydrogen) atoms. The van der Waals surface area contributed by atoms with Crippen molar-refractivity contribution in [1.82, 2.24) is 10.2 Å². The Labute approximate surface area is 63.6 Å². The Bertz CT molecular complexity index is 120. The molecule has 1 saturated heterocycles. The second-order valence-corrected chi connectivity index (χ2v) is 3.88. The number of nitrogens with zero attached hydrogens (tertiary/aromatic N) is 1. The molecule has 0 spiro atoms. The summed E-state index contributed by atoms with van der Waals surface area (Å²) in [6, 6.07) is 0.694. The normalized spacial score (nSPS) is 33.0. The van der Waals surface area contributed by atoms with Gasteiger partial charge in [0, 0.05) is 18.1 Å². The number of likely N-dealkylation sites (tertiary alicyclic amines) is 1. The van der Waals surface area contributed by atoms with Gasteiger partial charge in [-0.1, -0.05) is 0 Å². The highest BCUT2D eigenvalue weighted by molar-refractivity contribution is 4.93. The van der Waals surface area contributed by atoms with Crippen LogP contribution in [0.3, 0.4) is 0 Å². The van der Waals surface area contributed by atoms with Crippen molar-refractivity contribution >= 4 is 0 Å². The molecule has 0 amide bonds. The predicted octanol–water partition coefficient (Wildman–Crippen LogP) is 0.688. The molecule has 0 saturated carbocycles. The van der Waals surface area contributed by atoms with Gasteiger partial charge in [0.1, 0.15) is 0 Å². The van der Waals surface area contributed by atoms with Crippen LogP contribution in [0.2, 0.25) is 0 Å². The van der Waals surface area contributed by atoms with Crippen LogP contribution >= 0.6 is 0 Å². The van der Waals surface area contributed by atoms with E-state index in [0.717, 1.165) is 0 Å². The summed E-state index contributed by atoms with van der Waals surface area (Å²) in [6.07, 6.45) is 1.26. The zero-order valence-corrected chi connectivity index (χ0v) is 7.44. The highest BCUT2D eigenvalue weighted by Crippen LogP contribution is 2.25. The number of nitrogens with one attached hydrogen (secondary N) is 1. The molecule has 0 aromatic rings. The fraction of sp³-hybridized carbons (Fsp3) is 1.00. The van der Waals surface area contributed by atoms with Crippen LogP contribution in [0, 0.1) is 0 Å². The fourth-order valence-electron chi connectivity index (χ4n) is 1.59. The van der Waals surface area contributed by atoms with Crippen molar-refractivity contribution in [2.75, 3.05) is 20.6 Å². The van der Waals surface area contributed by atoms with E-state index >= 15 is 0 Å². The summed E-state index contributed by atoms with van der Waals surface area (Å²) in [7, 11) is 4.23. The molecule has 1 aliphatic rings. The van der Waals surface area contributed by atoms with E-state index in [0.29, 0.717) is 11.6 Å². The van der Waals surface area contributed by atoms with E-state index in [9.17, 15) is 0 Å². The van der Waals surface area contributed by atoms with Gasteiger partial charge in [-0.15, -0.1) is 0 Å². The minimum absolute atomic E-state index is 0.397. The first kappa shape index (κ1) is 8.02. The van der Waals surface area contributed by atoms with Gasteiger partial charge in [-0.05, 0) is 34.4 Å². The van der Waals surface area contributed by atoms with Crippen LogP contribution in [0.1, 0.15) is 20.3 Å². The van der Waals surface area contributed by atoms with Crippen molar-refractivity contribution in [3.05, 3.63) is 0 Å². The van der Waals surface area contributed by atoms with Gasteiger partial charge in [0.25, 0.3) is 0 Å². The van der Waals surface area contributed by atoms with Gasteiger partial charge in [0.05, 0.1) is 0 Å². The third kappa shape index (κ3) is 1.32. The smallest absolute Gasteiger partial charge is 0.0209 e. The molecule has 1 heterocycles. The summed E-state index contributed by atoms with van der Waals surface area (Å²) < 4.78 is 0. The van der Waals surface area contributed by atoms with E-state index in [-0.39, 0.29) is 0 Å². The van der Waals surface area contributed by atoms with Crippen molar-refractivity contribution in [3.8, 4) is 0 Å². The molecule has 2 heteroatoms. The Morgan fingerprint density at radius 3 is 2.30 bits per heavy atom. The Balaban J connectivity index is 2.53. The van der Waals surface area contributed by atoms with Crippen molar-refractivity contribution in [1.29, 1.82) is 0 Å². The number of likely N-dealkylation sites (N-methyl/N-ethyl adjacent to an activating group) is 2.